The Labute approximate surface area is 189 Å². The van der Waals surface area contributed by atoms with Crippen molar-refractivity contribution in [3.05, 3.63) is 53.6 Å². The van der Waals surface area contributed by atoms with Crippen molar-refractivity contribution in [2.75, 3.05) is 23.2 Å². The van der Waals surface area contributed by atoms with Crippen LogP contribution in [0.5, 0.6) is 0 Å². The molecule has 0 radical (unpaired) electrons. The van der Waals surface area contributed by atoms with E-state index in [-0.39, 0.29) is 16.1 Å². The van der Waals surface area contributed by atoms with Gasteiger partial charge in [-0.05, 0) is 43.2 Å². The minimum atomic E-state index is -5.08. The molecular formula is C21H25F3N2O6S. The number of anilines is 2. The molecule has 2 aromatic rings. The molecule has 3 N–H and O–H groups in total. The van der Waals surface area contributed by atoms with Gasteiger partial charge in [0, 0.05) is 19.3 Å². The van der Waals surface area contributed by atoms with Gasteiger partial charge in [-0.1, -0.05) is 31.5 Å². The number of nitrogens with zero attached hydrogens (tertiary/aromatic N) is 1. The molecular weight excluding hydrogens is 465 g/mol. The van der Waals surface area contributed by atoms with E-state index in [0.717, 1.165) is 19.4 Å². The fourth-order valence-corrected chi connectivity index (χ4v) is 3.98. The fraction of sp³-hybridized carbons (Fsp3) is 0.333. The number of hydrogen-bond acceptors (Lipinski definition) is 5. The van der Waals surface area contributed by atoms with E-state index >= 15 is 0 Å². The van der Waals surface area contributed by atoms with E-state index in [4.69, 9.17) is 9.90 Å². The van der Waals surface area contributed by atoms with Crippen molar-refractivity contribution in [3.8, 4) is 0 Å². The van der Waals surface area contributed by atoms with Crippen LogP contribution in [0.4, 0.5) is 24.5 Å². The number of aliphatic carboxylic acids is 1. The molecule has 8 nitrogen and oxygen atoms in total. The number of halogens is 3. The standard InChI is InChI=1S/C19H24N2O4S.C2HF3O2/c1-4-5-12-21(3)17-11-10-15(13-16(17)19(22)23)20-26(24,25)18-9-7-6-8-14(18)2;3-2(4,5)1(6)7/h6-11,13,20H,4-5,12H2,1-3H3,(H,22,23);(H,6,7). The number of unbranched alkanes of at least 4 members (excludes halogenated alkanes) is 1. The number of carboxylic acids is 2. The summed E-state index contributed by atoms with van der Waals surface area (Å²) in [6.07, 6.45) is -3.14. The van der Waals surface area contributed by atoms with Gasteiger partial charge < -0.3 is 15.1 Å². The molecule has 0 heterocycles. The lowest BCUT2D eigenvalue weighted by atomic mass is 10.1. The molecule has 182 valence electrons. The summed E-state index contributed by atoms with van der Waals surface area (Å²) < 4.78 is 59.4. The van der Waals surface area contributed by atoms with E-state index in [2.05, 4.69) is 11.6 Å². The van der Waals surface area contributed by atoms with Crippen LogP contribution in [0, 0.1) is 6.92 Å². The molecule has 0 aromatic heterocycles. The van der Waals surface area contributed by atoms with Crippen LogP contribution in [-0.4, -0.2) is 50.3 Å². The molecule has 0 bridgehead atoms. The van der Waals surface area contributed by atoms with Crippen LogP contribution in [0.25, 0.3) is 0 Å². The Morgan fingerprint density at radius 2 is 1.67 bits per heavy atom. The Kier molecular flexibility index (Phi) is 9.71. The smallest absolute Gasteiger partial charge is 0.478 e. The molecule has 0 spiro atoms. The van der Waals surface area contributed by atoms with E-state index < -0.39 is 28.1 Å². The van der Waals surface area contributed by atoms with Crippen molar-refractivity contribution >= 4 is 33.3 Å². The van der Waals surface area contributed by atoms with Crippen molar-refractivity contribution in [2.24, 2.45) is 0 Å². The maximum absolute atomic E-state index is 12.6. The highest BCUT2D eigenvalue weighted by molar-refractivity contribution is 7.92. The number of carbonyl (C=O) groups is 2. The maximum Gasteiger partial charge on any atom is 0.490 e. The van der Waals surface area contributed by atoms with Gasteiger partial charge in [0.05, 0.1) is 16.1 Å². The SMILES string of the molecule is CCCCN(C)c1ccc(NS(=O)(=O)c2ccccc2C)cc1C(=O)O.O=C(O)C(F)(F)F. The van der Waals surface area contributed by atoms with Crippen molar-refractivity contribution in [1.29, 1.82) is 0 Å². The monoisotopic (exact) mass is 490 g/mol. The van der Waals surface area contributed by atoms with Crippen LogP contribution in [0.1, 0.15) is 35.7 Å². The number of rotatable bonds is 8. The summed E-state index contributed by atoms with van der Waals surface area (Å²) in [5.74, 6) is -3.85. The summed E-state index contributed by atoms with van der Waals surface area (Å²) in [6.45, 7) is 4.50. The highest BCUT2D eigenvalue weighted by Crippen LogP contribution is 2.26. The summed E-state index contributed by atoms with van der Waals surface area (Å²) in [5.41, 5.74) is 1.46. The molecule has 0 atom stereocenters. The Hall–Kier alpha value is -3.28. The number of nitrogens with one attached hydrogen (secondary N) is 1. The lowest BCUT2D eigenvalue weighted by Gasteiger charge is -2.21. The number of alkyl halides is 3. The van der Waals surface area contributed by atoms with Crippen molar-refractivity contribution < 1.29 is 41.4 Å². The number of sulfonamides is 1. The molecule has 0 aliphatic carbocycles. The number of aryl methyl sites for hydroxylation is 1. The summed E-state index contributed by atoms with van der Waals surface area (Å²) in [6, 6.07) is 11.2. The Morgan fingerprint density at radius 3 is 2.15 bits per heavy atom. The van der Waals surface area contributed by atoms with E-state index in [1.54, 1.807) is 37.3 Å². The first-order valence-corrected chi connectivity index (χ1v) is 11.2. The summed E-state index contributed by atoms with van der Waals surface area (Å²) in [4.78, 5) is 22.6. The lowest BCUT2D eigenvalue weighted by molar-refractivity contribution is -0.192. The number of benzene rings is 2. The normalized spacial score (nSPS) is 11.2. The Balaban J connectivity index is 0.000000675. The lowest BCUT2D eigenvalue weighted by Crippen LogP contribution is -2.21. The Bertz CT molecular complexity index is 1090. The molecule has 0 amide bonds. The third-order valence-electron chi connectivity index (χ3n) is 4.36. The minimum Gasteiger partial charge on any atom is -0.478 e. The van der Waals surface area contributed by atoms with Gasteiger partial charge in [0.2, 0.25) is 0 Å². The van der Waals surface area contributed by atoms with Gasteiger partial charge in [0.15, 0.2) is 0 Å². The predicted octanol–water partition coefficient (Wildman–Crippen LogP) is 4.36. The summed E-state index contributed by atoms with van der Waals surface area (Å²) in [5, 5.41) is 16.6. The first-order valence-electron chi connectivity index (χ1n) is 9.67. The molecule has 33 heavy (non-hydrogen) atoms. The van der Waals surface area contributed by atoms with Crippen LogP contribution in [-0.2, 0) is 14.8 Å². The third-order valence-corrected chi connectivity index (χ3v) is 5.90. The zero-order chi connectivity index (χ0) is 25.4. The molecule has 0 unspecified atom stereocenters. The highest BCUT2D eigenvalue weighted by atomic mass is 32.2. The molecule has 2 rings (SSSR count). The molecule has 0 saturated carbocycles. The Morgan fingerprint density at radius 1 is 1.09 bits per heavy atom. The van der Waals surface area contributed by atoms with Crippen molar-refractivity contribution in [1.82, 2.24) is 0 Å². The van der Waals surface area contributed by atoms with Gasteiger partial charge in [0.1, 0.15) is 0 Å². The first-order chi connectivity index (χ1) is 15.2. The van der Waals surface area contributed by atoms with Crippen molar-refractivity contribution in [3.63, 3.8) is 0 Å². The van der Waals surface area contributed by atoms with Gasteiger partial charge in [0.25, 0.3) is 10.0 Å². The van der Waals surface area contributed by atoms with Gasteiger partial charge in [-0.3, -0.25) is 4.72 Å². The van der Waals surface area contributed by atoms with Gasteiger partial charge in [-0.15, -0.1) is 0 Å². The van der Waals surface area contributed by atoms with Crippen LogP contribution >= 0.6 is 0 Å². The fourth-order valence-electron chi connectivity index (χ4n) is 2.69. The molecule has 0 aliphatic heterocycles. The van der Waals surface area contributed by atoms with Gasteiger partial charge in [-0.25, -0.2) is 18.0 Å². The second kappa shape index (κ2) is 11.5. The van der Waals surface area contributed by atoms with Crippen LogP contribution in [0.2, 0.25) is 0 Å². The number of hydrogen-bond donors (Lipinski definition) is 3. The van der Waals surface area contributed by atoms with E-state index in [1.807, 2.05) is 11.9 Å². The maximum atomic E-state index is 12.6. The molecule has 0 aliphatic rings. The minimum absolute atomic E-state index is 0.0635. The van der Waals surface area contributed by atoms with Crippen LogP contribution < -0.4 is 9.62 Å². The summed E-state index contributed by atoms with van der Waals surface area (Å²) in [7, 11) is -1.96. The summed E-state index contributed by atoms with van der Waals surface area (Å²) >= 11 is 0. The predicted molar refractivity (Wildman–Crippen MR) is 117 cm³/mol. The average Bonchev–Trinajstić information content (AvgIpc) is 2.71. The molecule has 0 fully saturated rings. The average molecular weight is 491 g/mol. The second-order valence-corrected chi connectivity index (χ2v) is 8.64. The van der Waals surface area contributed by atoms with E-state index in [0.29, 0.717) is 11.3 Å². The van der Waals surface area contributed by atoms with Crippen molar-refractivity contribution in [2.45, 2.75) is 37.8 Å². The number of aromatic carboxylic acids is 1. The van der Waals surface area contributed by atoms with Gasteiger partial charge in [-0.2, -0.15) is 13.2 Å². The molecule has 0 saturated heterocycles. The van der Waals surface area contributed by atoms with Crippen LogP contribution in [0.3, 0.4) is 0 Å². The quantitative estimate of drug-likeness (QED) is 0.502. The third kappa shape index (κ3) is 8.29. The zero-order valence-electron chi connectivity index (χ0n) is 18.2. The van der Waals surface area contributed by atoms with E-state index in [1.165, 1.54) is 12.1 Å². The molecule has 2 aromatic carbocycles. The zero-order valence-corrected chi connectivity index (χ0v) is 19.0. The largest absolute Gasteiger partial charge is 0.490 e. The van der Waals surface area contributed by atoms with E-state index in [9.17, 15) is 31.5 Å². The first kappa shape index (κ1) is 27.8. The van der Waals surface area contributed by atoms with Gasteiger partial charge >= 0.3 is 18.1 Å². The molecule has 12 heteroatoms. The topological polar surface area (TPSA) is 124 Å². The highest BCUT2D eigenvalue weighted by Gasteiger charge is 2.38. The van der Waals surface area contributed by atoms with Crippen LogP contribution in [0.15, 0.2) is 47.4 Å². The second-order valence-electron chi connectivity index (χ2n) is 6.99. The number of carboxylic acid groups (broad SMARTS) is 2.